The molecular weight excluding hydrogens is 246 g/mol. The quantitative estimate of drug-likeness (QED) is 0.845. The van der Waals surface area contributed by atoms with Crippen LogP contribution in [-0.2, 0) is 6.54 Å². The molecule has 0 saturated heterocycles. The predicted octanol–water partition coefficient (Wildman–Crippen LogP) is 1.46. The van der Waals surface area contributed by atoms with Gasteiger partial charge in [0.15, 0.2) is 11.4 Å². The van der Waals surface area contributed by atoms with Crippen LogP contribution in [0.3, 0.4) is 0 Å². The Labute approximate surface area is 113 Å². The van der Waals surface area contributed by atoms with E-state index in [1.165, 1.54) is 10.9 Å². The van der Waals surface area contributed by atoms with Crippen LogP contribution in [0.1, 0.15) is 36.2 Å². The highest BCUT2D eigenvalue weighted by Crippen LogP contribution is 2.26. The molecule has 1 aliphatic carbocycles. The molecule has 2 rings (SSSR count). The predicted molar refractivity (Wildman–Crippen MR) is 70.6 cm³/mol. The minimum atomic E-state index is -0.982. The Morgan fingerprint density at radius 3 is 2.79 bits per heavy atom. The van der Waals surface area contributed by atoms with Gasteiger partial charge in [-0.05, 0) is 39.8 Å². The summed E-state index contributed by atoms with van der Waals surface area (Å²) in [4.78, 5) is 13.4. The first-order valence-corrected chi connectivity index (χ1v) is 6.68. The molecule has 1 fully saturated rings. The maximum absolute atomic E-state index is 11.4. The van der Waals surface area contributed by atoms with E-state index >= 15 is 0 Å². The molecule has 6 nitrogen and oxygen atoms in total. The Bertz CT molecular complexity index is 436. The molecule has 1 aromatic rings. The molecule has 0 bridgehead atoms. The summed E-state index contributed by atoms with van der Waals surface area (Å²) in [5.41, 5.74) is 0.161. The van der Waals surface area contributed by atoms with E-state index in [1.807, 2.05) is 19.0 Å². The number of aromatic carboxylic acids is 1. The van der Waals surface area contributed by atoms with Crippen LogP contribution in [-0.4, -0.2) is 52.5 Å². The first kappa shape index (κ1) is 13.9. The second-order valence-electron chi connectivity index (χ2n) is 5.21. The zero-order valence-electron chi connectivity index (χ0n) is 11.5. The summed E-state index contributed by atoms with van der Waals surface area (Å²) in [6.07, 6.45) is 5.98. The fourth-order valence-electron chi connectivity index (χ4n) is 2.32. The van der Waals surface area contributed by atoms with Gasteiger partial charge in [0.2, 0.25) is 0 Å². The van der Waals surface area contributed by atoms with Crippen molar-refractivity contribution in [3.63, 3.8) is 0 Å². The van der Waals surface area contributed by atoms with E-state index in [2.05, 4.69) is 5.10 Å². The van der Waals surface area contributed by atoms with Gasteiger partial charge in [-0.15, -0.1) is 0 Å². The standard InChI is InChI=1S/C13H21N3O3/c1-15(2)7-8-16-12(13(17)18)11(9-14-16)19-10-5-3-4-6-10/h9-10H,3-8H2,1-2H3,(H,17,18). The van der Waals surface area contributed by atoms with Crippen molar-refractivity contribution >= 4 is 5.97 Å². The maximum Gasteiger partial charge on any atom is 0.358 e. The average molecular weight is 267 g/mol. The summed E-state index contributed by atoms with van der Waals surface area (Å²) >= 11 is 0. The normalized spacial score (nSPS) is 16.2. The van der Waals surface area contributed by atoms with Gasteiger partial charge in [-0.1, -0.05) is 0 Å². The molecular formula is C13H21N3O3. The van der Waals surface area contributed by atoms with E-state index in [0.717, 1.165) is 32.2 Å². The molecule has 0 unspecified atom stereocenters. The number of hydrogen-bond donors (Lipinski definition) is 1. The third-order valence-corrected chi connectivity index (χ3v) is 3.36. The lowest BCUT2D eigenvalue weighted by Gasteiger charge is -2.13. The van der Waals surface area contributed by atoms with Crippen molar-refractivity contribution in [3.8, 4) is 5.75 Å². The number of carbonyl (C=O) groups is 1. The van der Waals surface area contributed by atoms with Crippen LogP contribution < -0.4 is 4.74 Å². The van der Waals surface area contributed by atoms with E-state index in [9.17, 15) is 9.90 Å². The number of carboxylic acids is 1. The first-order chi connectivity index (χ1) is 9.08. The number of carboxylic acid groups (broad SMARTS) is 1. The lowest BCUT2D eigenvalue weighted by atomic mass is 10.3. The molecule has 1 aromatic heterocycles. The summed E-state index contributed by atoms with van der Waals surface area (Å²) in [7, 11) is 3.89. The van der Waals surface area contributed by atoms with Crippen LogP contribution in [0.25, 0.3) is 0 Å². The molecule has 0 radical (unpaired) electrons. The Morgan fingerprint density at radius 2 is 2.21 bits per heavy atom. The van der Waals surface area contributed by atoms with E-state index < -0.39 is 5.97 Å². The Kier molecular flexibility index (Phi) is 4.42. The van der Waals surface area contributed by atoms with E-state index in [4.69, 9.17) is 4.74 Å². The SMILES string of the molecule is CN(C)CCn1ncc(OC2CCCC2)c1C(=O)O. The molecule has 6 heteroatoms. The van der Waals surface area contributed by atoms with Crippen LogP contribution in [0.4, 0.5) is 0 Å². The molecule has 1 aliphatic rings. The number of ether oxygens (including phenoxy) is 1. The summed E-state index contributed by atoms with van der Waals surface area (Å²) in [5, 5.41) is 13.5. The van der Waals surface area contributed by atoms with Crippen LogP contribution >= 0.6 is 0 Å². The Morgan fingerprint density at radius 1 is 1.53 bits per heavy atom. The minimum Gasteiger partial charge on any atom is -0.486 e. The fraction of sp³-hybridized carbons (Fsp3) is 0.692. The third-order valence-electron chi connectivity index (χ3n) is 3.36. The van der Waals surface area contributed by atoms with Crippen LogP contribution in [0.15, 0.2) is 6.20 Å². The van der Waals surface area contributed by atoms with Gasteiger partial charge < -0.3 is 14.7 Å². The van der Waals surface area contributed by atoms with Crippen molar-refractivity contribution in [2.75, 3.05) is 20.6 Å². The number of nitrogens with zero attached hydrogens (tertiary/aromatic N) is 3. The molecule has 106 valence electrons. The molecule has 0 atom stereocenters. The van der Waals surface area contributed by atoms with Crippen LogP contribution in [0.2, 0.25) is 0 Å². The maximum atomic E-state index is 11.4. The average Bonchev–Trinajstić information content (AvgIpc) is 2.96. The number of likely N-dealkylation sites (N-methyl/N-ethyl adjacent to an activating group) is 1. The molecule has 0 aromatic carbocycles. The first-order valence-electron chi connectivity index (χ1n) is 6.68. The minimum absolute atomic E-state index is 0.143. The van der Waals surface area contributed by atoms with E-state index in [1.54, 1.807) is 0 Å². The van der Waals surface area contributed by atoms with Gasteiger partial charge in [-0.3, -0.25) is 4.68 Å². The van der Waals surface area contributed by atoms with Gasteiger partial charge in [0.1, 0.15) is 0 Å². The van der Waals surface area contributed by atoms with Crippen LogP contribution in [0, 0.1) is 0 Å². The van der Waals surface area contributed by atoms with Crippen molar-refractivity contribution < 1.29 is 14.6 Å². The molecule has 0 spiro atoms. The summed E-state index contributed by atoms with van der Waals surface area (Å²) in [5.74, 6) is -0.581. The van der Waals surface area contributed by atoms with Crippen molar-refractivity contribution in [3.05, 3.63) is 11.9 Å². The van der Waals surface area contributed by atoms with Gasteiger partial charge in [0.05, 0.1) is 18.8 Å². The van der Waals surface area contributed by atoms with Gasteiger partial charge in [-0.25, -0.2) is 4.79 Å². The molecule has 0 aliphatic heterocycles. The van der Waals surface area contributed by atoms with Crippen molar-refractivity contribution in [1.82, 2.24) is 14.7 Å². The largest absolute Gasteiger partial charge is 0.486 e. The number of aromatic nitrogens is 2. The fourth-order valence-corrected chi connectivity index (χ4v) is 2.32. The van der Waals surface area contributed by atoms with Crippen molar-refractivity contribution in [1.29, 1.82) is 0 Å². The lowest BCUT2D eigenvalue weighted by molar-refractivity contribution is 0.0674. The highest BCUT2D eigenvalue weighted by molar-refractivity contribution is 5.88. The zero-order valence-corrected chi connectivity index (χ0v) is 11.5. The summed E-state index contributed by atoms with van der Waals surface area (Å²) in [6, 6.07) is 0. The highest BCUT2D eigenvalue weighted by atomic mass is 16.5. The molecule has 1 heterocycles. The monoisotopic (exact) mass is 267 g/mol. The second-order valence-corrected chi connectivity index (χ2v) is 5.21. The van der Waals surface area contributed by atoms with E-state index in [-0.39, 0.29) is 11.8 Å². The van der Waals surface area contributed by atoms with Crippen LogP contribution in [0.5, 0.6) is 5.75 Å². The highest BCUT2D eigenvalue weighted by Gasteiger charge is 2.23. The van der Waals surface area contributed by atoms with Gasteiger partial charge >= 0.3 is 5.97 Å². The zero-order chi connectivity index (χ0) is 13.8. The summed E-state index contributed by atoms with van der Waals surface area (Å²) in [6.45, 7) is 1.29. The molecule has 19 heavy (non-hydrogen) atoms. The smallest absolute Gasteiger partial charge is 0.358 e. The second kappa shape index (κ2) is 6.06. The van der Waals surface area contributed by atoms with Crippen molar-refractivity contribution in [2.24, 2.45) is 0 Å². The number of rotatable bonds is 6. The van der Waals surface area contributed by atoms with Gasteiger partial charge in [-0.2, -0.15) is 5.10 Å². The lowest BCUT2D eigenvalue weighted by Crippen LogP contribution is -2.22. The van der Waals surface area contributed by atoms with Crippen molar-refractivity contribution in [2.45, 2.75) is 38.3 Å². The Hall–Kier alpha value is -1.56. The topological polar surface area (TPSA) is 67.6 Å². The summed E-state index contributed by atoms with van der Waals surface area (Å²) < 4.78 is 7.28. The third kappa shape index (κ3) is 3.47. The Balaban J connectivity index is 2.11. The van der Waals surface area contributed by atoms with E-state index in [0.29, 0.717) is 12.3 Å². The molecule has 1 saturated carbocycles. The van der Waals surface area contributed by atoms with Gasteiger partial charge in [0, 0.05) is 6.54 Å². The van der Waals surface area contributed by atoms with Gasteiger partial charge in [0.25, 0.3) is 0 Å². The molecule has 0 amide bonds. The number of hydrogen-bond acceptors (Lipinski definition) is 4. The molecule has 1 N–H and O–H groups in total.